The molecule has 674 valence electrons. The van der Waals surface area contributed by atoms with E-state index in [4.69, 9.17) is 14.2 Å². The van der Waals surface area contributed by atoms with Crippen LogP contribution in [0.25, 0.3) is 43.6 Å². The van der Waals surface area contributed by atoms with Crippen LogP contribution < -0.4 is 55.9 Å². The van der Waals surface area contributed by atoms with E-state index >= 15 is 0 Å². The van der Waals surface area contributed by atoms with Crippen LogP contribution in [0.15, 0.2) is 227 Å². The minimum absolute atomic E-state index is 0.0173. The van der Waals surface area contributed by atoms with Gasteiger partial charge in [0.1, 0.15) is 22.3 Å². The fourth-order valence-electron chi connectivity index (χ4n) is 14.6. The summed E-state index contributed by atoms with van der Waals surface area (Å²) in [6.07, 6.45) is 16.0. The molecule has 127 heavy (non-hydrogen) atoms. The molecular weight excluding hydrogens is 1710 g/mol. The summed E-state index contributed by atoms with van der Waals surface area (Å²) in [5.74, 6) is -2.20. The number of ether oxygens (including phenoxy) is 3. The highest BCUT2D eigenvalue weighted by atomic mass is 32.2. The second-order valence-corrected chi connectivity index (χ2v) is 39.3. The van der Waals surface area contributed by atoms with Gasteiger partial charge in [-0.25, -0.2) is 33.7 Å². The van der Waals surface area contributed by atoms with E-state index in [-0.39, 0.29) is 89.1 Å². The van der Waals surface area contributed by atoms with Crippen molar-refractivity contribution in [1.82, 2.24) is 45.5 Å². The highest BCUT2D eigenvalue weighted by Gasteiger charge is 2.43. The maximum atomic E-state index is 13.3. The van der Waals surface area contributed by atoms with Gasteiger partial charge < -0.3 is 55.4 Å². The molecule has 2 aliphatic heterocycles. The summed E-state index contributed by atoms with van der Waals surface area (Å²) < 4.78 is 127. The number of nitrogens with one attached hydrogen (secondary N) is 8. The number of fused-ring (bicyclic) bond motifs is 4. The molecule has 1 spiro atoms. The smallest absolute Gasteiger partial charge is 0.264 e. The lowest BCUT2D eigenvalue weighted by Crippen LogP contribution is -2.47. The number of hydrogen-bond donors (Lipinski definition) is 8. The number of aryl methyl sites for hydroxylation is 2. The lowest BCUT2D eigenvalue weighted by molar-refractivity contribution is -0.179. The first kappa shape index (κ1) is 95.7. The molecule has 6 heterocycles. The molecular formula is C92H108N12O19S4. The Morgan fingerprint density at radius 2 is 0.921 bits per heavy atom. The van der Waals surface area contributed by atoms with Crippen LogP contribution >= 0.6 is 0 Å². The highest BCUT2D eigenvalue weighted by Crippen LogP contribution is 2.35. The number of piperidine rings is 1. The first-order valence-corrected chi connectivity index (χ1v) is 47.7. The summed E-state index contributed by atoms with van der Waals surface area (Å²) in [7, 11) is -11.0. The second kappa shape index (κ2) is 42.1. The van der Waals surface area contributed by atoms with E-state index in [2.05, 4.69) is 47.3 Å². The molecule has 1 unspecified atom stereocenters. The van der Waals surface area contributed by atoms with Crippen LogP contribution in [0.1, 0.15) is 151 Å². The Bertz CT molecular complexity index is 6660. The number of allylic oxidation sites excluding steroid dienone is 1. The van der Waals surface area contributed by atoms with Crippen LogP contribution in [0, 0.1) is 19.8 Å². The van der Waals surface area contributed by atoms with Crippen molar-refractivity contribution < 1.29 is 67.1 Å². The third-order valence-corrected chi connectivity index (χ3v) is 29.6. The lowest BCUT2D eigenvalue weighted by Gasteiger charge is -2.36. The van der Waals surface area contributed by atoms with Crippen molar-refractivity contribution in [3.8, 4) is 0 Å². The molecule has 0 saturated carbocycles. The zero-order valence-electron chi connectivity index (χ0n) is 72.6. The molecule has 0 bridgehead atoms. The molecule has 7 aromatic carbocycles. The minimum Gasteiger partial charge on any atom is -0.385 e. The van der Waals surface area contributed by atoms with Crippen LogP contribution in [0.3, 0.4) is 0 Å². The summed E-state index contributed by atoms with van der Waals surface area (Å²) in [6.45, 7) is 17.0. The van der Waals surface area contributed by atoms with Crippen LogP contribution in [0.4, 0.5) is 17.1 Å². The number of H-pyrrole nitrogens is 4. The normalized spacial score (nSPS) is 14.3. The Hall–Kier alpha value is -12.0. The molecule has 4 aromatic heterocycles. The van der Waals surface area contributed by atoms with E-state index in [0.29, 0.717) is 104 Å². The van der Waals surface area contributed by atoms with E-state index < -0.39 is 91.2 Å². The fraction of sp³-hybridized carbons (Fsp3) is 0.348. The van der Waals surface area contributed by atoms with Gasteiger partial charge >= 0.3 is 0 Å². The molecule has 14 rings (SSSR count). The van der Waals surface area contributed by atoms with Gasteiger partial charge in [0.15, 0.2) is 5.79 Å². The summed E-state index contributed by atoms with van der Waals surface area (Å²) in [5, 5.41) is 11.6. The molecule has 4 amide bonds. The average Bonchev–Trinajstić information content (AvgIpc) is 1.50. The Labute approximate surface area is 737 Å². The standard InChI is InChI=1S/C26H29N3O4S.C22H29N3O6S.C22H25N3O5S.C22H25N3O4S/c1-18-7-6-10-20(15-18)29(2)34(32,33)21-11-12-24-22(16-21)25(30)23(17-28-24)26(31)27-14-13-19-8-4-3-5-9-19;1-15(2)5-8-23-21(27)18-14-24-19-4-3-16(13-17(19)20(18)26)32(28,29)25-9-6-22(7-10-25)30-11-12-31-22;1-3-25(16-8-5-4-6-9-16)31(28,29)17-10-11-20-18(14-17)21(26)19(15-24-20)22(27)23-12-7-13-30-2;1-5-15(3)24-22(27)19-13-23-20-10-9-17(12-18(20)21(19)26)30(28,29)25(4)16-8-6-7-14(2)11-16/h6-8,10-12,15-17H,3-5,9,13-14H2,1-2H3,(H,27,31)(H,28,30);3-4,13-15H,5-12H2,1-2H3,(H,23,27)(H,24,26);4-6,8-11,14-15H,3,7,12-13H2,1-2H3,(H,23,27)(H,24,26);6-13,15H,5H2,1-4H3,(H,23,26)(H,24,27). The van der Waals surface area contributed by atoms with Crippen LogP contribution in [0.2, 0.25) is 0 Å². The third-order valence-electron chi connectivity index (χ3n) is 22.2. The van der Waals surface area contributed by atoms with E-state index in [9.17, 15) is 72.0 Å². The van der Waals surface area contributed by atoms with Crippen LogP contribution in [-0.2, 0) is 54.3 Å². The summed E-state index contributed by atoms with van der Waals surface area (Å²) in [5.41, 5.74) is 4.38. The Kier molecular flexibility index (Phi) is 31.7. The third kappa shape index (κ3) is 22.7. The molecule has 1 aliphatic carbocycles. The monoisotopic (exact) mass is 1810 g/mol. The van der Waals surface area contributed by atoms with Gasteiger partial charge in [0, 0.05) is 154 Å². The maximum Gasteiger partial charge on any atom is 0.264 e. The van der Waals surface area contributed by atoms with Gasteiger partial charge in [-0.05, 0) is 205 Å². The SMILES string of the molecule is CC(C)CCNC(=O)c1c[nH]c2ccc(S(=O)(=O)N3CCC4(CC3)OCCO4)cc2c1=O.CCC(C)NC(=O)c1c[nH]c2ccc(S(=O)(=O)N(C)c3cccc(C)c3)cc2c1=O.CCN(c1ccccc1)S(=O)(=O)c1ccc2[nH]cc(C(=O)NCCCOC)c(=O)c2c1.Cc1cccc(N(C)S(=O)(=O)c2ccc3[nH]cc(C(=O)NCCC4=CCCCC4)c(=O)c3c2)c1. The van der Waals surface area contributed by atoms with Crippen molar-refractivity contribution in [3.05, 3.63) is 262 Å². The number of aromatic nitrogens is 4. The summed E-state index contributed by atoms with van der Waals surface area (Å²) in [4.78, 5) is 114. The van der Waals surface area contributed by atoms with Crippen molar-refractivity contribution in [3.63, 3.8) is 0 Å². The number of para-hydroxylation sites is 1. The number of amides is 4. The Balaban J connectivity index is 0.000000164. The molecule has 1 atom stereocenters. The molecule has 2 fully saturated rings. The fourth-order valence-corrected chi connectivity index (χ4v) is 20.0. The number of aromatic amines is 4. The quantitative estimate of drug-likeness (QED) is 0.0167. The van der Waals surface area contributed by atoms with Gasteiger partial charge in [-0.2, -0.15) is 4.31 Å². The number of sulfonamides is 4. The first-order chi connectivity index (χ1) is 60.5. The number of benzene rings is 7. The van der Waals surface area contributed by atoms with E-state index in [0.717, 1.165) is 43.2 Å². The summed E-state index contributed by atoms with van der Waals surface area (Å²) in [6, 6.07) is 40.3. The lowest BCUT2D eigenvalue weighted by atomic mass is 9.97. The molecule has 2 saturated heterocycles. The second-order valence-electron chi connectivity index (χ2n) is 31.5. The average molecular weight is 1810 g/mol. The van der Waals surface area contributed by atoms with Gasteiger partial charge in [0.25, 0.3) is 53.7 Å². The largest absolute Gasteiger partial charge is 0.385 e. The number of hydrogen-bond acceptors (Lipinski definition) is 19. The van der Waals surface area contributed by atoms with E-state index in [1.807, 2.05) is 53.7 Å². The first-order valence-electron chi connectivity index (χ1n) is 41.9. The maximum absolute atomic E-state index is 13.3. The van der Waals surface area contributed by atoms with Gasteiger partial charge in [0.2, 0.25) is 31.7 Å². The molecule has 8 N–H and O–H groups in total. The zero-order valence-corrected chi connectivity index (χ0v) is 75.9. The zero-order chi connectivity index (χ0) is 91.7. The number of carbonyl (C=O) groups is 4. The van der Waals surface area contributed by atoms with Gasteiger partial charge in [-0.3, -0.25) is 51.3 Å². The van der Waals surface area contributed by atoms with Crippen molar-refractivity contribution in [2.24, 2.45) is 5.92 Å². The number of methoxy groups -OCH3 is 1. The van der Waals surface area contributed by atoms with E-state index in [1.165, 1.54) is 135 Å². The van der Waals surface area contributed by atoms with Crippen molar-refractivity contribution >= 4 is 124 Å². The predicted molar refractivity (Wildman–Crippen MR) is 492 cm³/mol. The summed E-state index contributed by atoms with van der Waals surface area (Å²) >= 11 is 0. The van der Waals surface area contributed by atoms with Crippen LogP contribution in [-0.4, -0.2) is 174 Å². The van der Waals surface area contributed by atoms with Crippen molar-refractivity contribution in [2.45, 2.75) is 144 Å². The number of carbonyl (C=O) groups excluding carboxylic acids is 4. The number of rotatable bonds is 28. The minimum atomic E-state index is -3.90. The number of nitrogens with zero attached hydrogens (tertiary/aromatic N) is 4. The van der Waals surface area contributed by atoms with Crippen molar-refractivity contribution in [1.29, 1.82) is 0 Å². The molecule has 35 heteroatoms. The highest BCUT2D eigenvalue weighted by molar-refractivity contribution is 7.93. The topological polar surface area (TPSA) is 425 Å². The molecule has 3 aliphatic rings. The van der Waals surface area contributed by atoms with Gasteiger partial charge in [0.05, 0.1) is 49.9 Å². The van der Waals surface area contributed by atoms with Crippen molar-refractivity contribution in [2.75, 3.05) is 93.2 Å². The van der Waals surface area contributed by atoms with Gasteiger partial charge in [-0.15, -0.1) is 0 Å². The predicted octanol–water partition coefficient (Wildman–Crippen LogP) is 11.8. The Morgan fingerprint density at radius 3 is 1.34 bits per heavy atom. The van der Waals surface area contributed by atoms with E-state index in [1.54, 1.807) is 92.9 Å². The van der Waals surface area contributed by atoms with Gasteiger partial charge in [-0.1, -0.05) is 74.9 Å². The number of pyridine rings is 4. The molecule has 11 aromatic rings. The number of anilines is 3. The van der Waals surface area contributed by atoms with Crippen LogP contribution in [0.5, 0.6) is 0 Å². The molecule has 31 nitrogen and oxygen atoms in total. The Morgan fingerprint density at radius 1 is 0.504 bits per heavy atom. The molecule has 0 radical (unpaired) electrons.